The molecule has 2 rings (SSSR count). The fourth-order valence-electron chi connectivity index (χ4n) is 1.83. The van der Waals surface area contributed by atoms with Gasteiger partial charge in [-0.25, -0.2) is 4.98 Å². The lowest BCUT2D eigenvalue weighted by Gasteiger charge is -2.23. The SMILES string of the molecule is CC(C)(C)C(=Cn1ccnc1)c1ccc(Br)cc1.O=[N+]([O-])O. The molecule has 1 aromatic carbocycles. The van der Waals surface area contributed by atoms with Gasteiger partial charge in [0, 0.05) is 23.1 Å². The lowest BCUT2D eigenvalue weighted by molar-refractivity contribution is -0.742. The van der Waals surface area contributed by atoms with E-state index in [0.717, 1.165) is 4.47 Å². The summed E-state index contributed by atoms with van der Waals surface area (Å²) < 4.78 is 3.09. The third-order valence-corrected chi connectivity index (χ3v) is 3.29. The van der Waals surface area contributed by atoms with E-state index < -0.39 is 5.09 Å². The summed E-state index contributed by atoms with van der Waals surface area (Å²) in [5.41, 5.74) is 2.60. The number of halogens is 1. The molecular formula is C15H18BrN3O3. The van der Waals surface area contributed by atoms with Gasteiger partial charge in [-0.05, 0) is 28.7 Å². The molecule has 0 aliphatic heterocycles. The van der Waals surface area contributed by atoms with Gasteiger partial charge in [0.2, 0.25) is 0 Å². The van der Waals surface area contributed by atoms with Crippen molar-refractivity contribution in [1.29, 1.82) is 0 Å². The standard InChI is InChI=1S/C15H17BrN2.HNO3/c1-15(2,3)14(10-18-9-8-17-11-18)12-4-6-13(16)7-5-12;2-1(3)4/h4-11H,1-3H3;(H,2,3,4). The van der Waals surface area contributed by atoms with E-state index in [9.17, 15) is 0 Å². The van der Waals surface area contributed by atoms with Crippen LogP contribution in [0.25, 0.3) is 11.8 Å². The molecule has 0 unspecified atom stereocenters. The number of allylic oxidation sites excluding steroid dienone is 1. The van der Waals surface area contributed by atoms with E-state index in [1.165, 1.54) is 11.1 Å². The molecule has 0 bridgehead atoms. The van der Waals surface area contributed by atoms with Gasteiger partial charge >= 0.3 is 0 Å². The molecule has 1 N–H and O–H groups in total. The van der Waals surface area contributed by atoms with E-state index in [0.29, 0.717) is 0 Å². The first-order valence-electron chi connectivity index (χ1n) is 6.49. The quantitative estimate of drug-likeness (QED) is 0.632. The summed E-state index contributed by atoms with van der Waals surface area (Å²) in [5, 5.41) is 13.6. The van der Waals surface area contributed by atoms with Gasteiger partial charge in [-0.1, -0.05) is 48.8 Å². The molecule has 0 spiro atoms. The first kappa shape index (κ1) is 17.9. The molecule has 1 aromatic heterocycles. The number of aromatic nitrogens is 2. The van der Waals surface area contributed by atoms with Crippen molar-refractivity contribution in [3.05, 3.63) is 63.1 Å². The van der Waals surface area contributed by atoms with E-state index in [1.807, 2.05) is 17.1 Å². The topological polar surface area (TPSA) is 81.2 Å². The van der Waals surface area contributed by atoms with Crippen molar-refractivity contribution in [2.45, 2.75) is 20.8 Å². The molecule has 0 amide bonds. The average Bonchev–Trinajstić information content (AvgIpc) is 2.88. The van der Waals surface area contributed by atoms with Crippen LogP contribution in [0.3, 0.4) is 0 Å². The molecule has 0 atom stereocenters. The minimum atomic E-state index is -1.50. The number of hydrogen-bond acceptors (Lipinski definition) is 3. The van der Waals surface area contributed by atoms with Gasteiger partial charge in [0.25, 0.3) is 5.09 Å². The maximum Gasteiger partial charge on any atom is 0.291 e. The van der Waals surface area contributed by atoms with Gasteiger partial charge in [0.15, 0.2) is 0 Å². The van der Waals surface area contributed by atoms with Gasteiger partial charge in [-0.2, -0.15) is 0 Å². The Morgan fingerprint density at radius 2 is 1.91 bits per heavy atom. The predicted molar refractivity (Wildman–Crippen MR) is 88.8 cm³/mol. The van der Waals surface area contributed by atoms with Crippen LogP contribution in [0.15, 0.2) is 47.5 Å². The van der Waals surface area contributed by atoms with Crippen LogP contribution in [0.4, 0.5) is 0 Å². The second-order valence-corrected chi connectivity index (χ2v) is 6.46. The number of benzene rings is 1. The minimum absolute atomic E-state index is 0.0814. The molecule has 2 aromatic rings. The molecule has 1 heterocycles. The lowest BCUT2D eigenvalue weighted by atomic mass is 9.83. The molecular weight excluding hydrogens is 350 g/mol. The number of imidazole rings is 1. The van der Waals surface area contributed by atoms with Gasteiger partial charge < -0.3 is 9.77 Å². The summed E-state index contributed by atoms with van der Waals surface area (Å²) in [4.78, 5) is 12.4. The normalized spacial score (nSPS) is 11.5. The Morgan fingerprint density at radius 1 is 1.36 bits per heavy atom. The lowest BCUT2D eigenvalue weighted by Crippen LogP contribution is -2.09. The van der Waals surface area contributed by atoms with Crippen molar-refractivity contribution in [3.63, 3.8) is 0 Å². The van der Waals surface area contributed by atoms with Crippen LogP contribution >= 0.6 is 15.9 Å². The number of nitrogens with zero attached hydrogens (tertiary/aromatic N) is 3. The first-order valence-corrected chi connectivity index (χ1v) is 7.28. The number of rotatable bonds is 2. The Kier molecular flexibility index (Phi) is 6.30. The Hall–Kier alpha value is -2.15. The Labute approximate surface area is 137 Å². The van der Waals surface area contributed by atoms with E-state index >= 15 is 0 Å². The maximum absolute atomic E-state index is 8.36. The molecule has 0 saturated heterocycles. The molecule has 6 nitrogen and oxygen atoms in total. The highest BCUT2D eigenvalue weighted by Crippen LogP contribution is 2.35. The first-order chi connectivity index (χ1) is 10.2. The molecule has 0 fully saturated rings. The summed E-state index contributed by atoms with van der Waals surface area (Å²) >= 11 is 3.47. The zero-order chi connectivity index (χ0) is 16.8. The van der Waals surface area contributed by atoms with Crippen LogP contribution in [0, 0.1) is 15.5 Å². The van der Waals surface area contributed by atoms with E-state index in [2.05, 4.69) is 72.2 Å². The van der Waals surface area contributed by atoms with Gasteiger partial charge in [-0.3, -0.25) is 0 Å². The molecule has 7 heteroatoms. The van der Waals surface area contributed by atoms with Crippen molar-refractivity contribution < 1.29 is 10.3 Å². The van der Waals surface area contributed by atoms with Crippen LogP contribution in [-0.4, -0.2) is 19.8 Å². The molecule has 0 radical (unpaired) electrons. The molecule has 0 aliphatic carbocycles. The smallest absolute Gasteiger partial charge is 0.291 e. The van der Waals surface area contributed by atoms with Crippen LogP contribution < -0.4 is 0 Å². The second kappa shape index (κ2) is 7.74. The summed E-state index contributed by atoms with van der Waals surface area (Å²) in [6, 6.07) is 8.42. The fourth-order valence-corrected chi connectivity index (χ4v) is 2.09. The minimum Gasteiger partial charge on any atom is -0.328 e. The van der Waals surface area contributed by atoms with Crippen molar-refractivity contribution in [3.8, 4) is 0 Å². The van der Waals surface area contributed by atoms with Crippen molar-refractivity contribution in [1.82, 2.24) is 9.55 Å². The maximum atomic E-state index is 8.36. The van der Waals surface area contributed by atoms with Crippen LogP contribution in [0.1, 0.15) is 26.3 Å². The second-order valence-electron chi connectivity index (χ2n) is 5.55. The van der Waals surface area contributed by atoms with Crippen molar-refractivity contribution in [2.75, 3.05) is 0 Å². The highest BCUT2D eigenvalue weighted by molar-refractivity contribution is 9.10. The summed E-state index contributed by atoms with van der Waals surface area (Å²) in [6.07, 6.45) is 7.68. The van der Waals surface area contributed by atoms with Crippen LogP contribution in [0.2, 0.25) is 0 Å². The highest BCUT2D eigenvalue weighted by atomic mass is 79.9. The summed E-state index contributed by atoms with van der Waals surface area (Å²) in [7, 11) is 0. The van der Waals surface area contributed by atoms with E-state index in [1.54, 1.807) is 6.20 Å². The Balaban J connectivity index is 0.000000541. The van der Waals surface area contributed by atoms with Gasteiger partial charge in [0.1, 0.15) is 0 Å². The Morgan fingerprint density at radius 3 is 2.32 bits per heavy atom. The Bertz CT molecular complexity index is 625. The predicted octanol–water partition coefficient (Wildman–Crippen LogP) is 4.34. The highest BCUT2D eigenvalue weighted by Gasteiger charge is 2.18. The largest absolute Gasteiger partial charge is 0.328 e. The monoisotopic (exact) mass is 367 g/mol. The molecule has 22 heavy (non-hydrogen) atoms. The van der Waals surface area contributed by atoms with Gasteiger partial charge in [0.05, 0.1) is 6.33 Å². The average molecular weight is 368 g/mol. The zero-order valence-corrected chi connectivity index (χ0v) is 14.2. The third kappa shape index (κ3) is 6.09. The molecule has 0 saturated carbocycles. The number of hydrogen-bond donors (Lipinski definition) is 1. The van der Waals surface area contributed by atoms with Crippen molar-refractivity contribution >= 4 is 27.7 Å². The van der Waals surface area contributed by atoms with Crippen LogP contribution in [0.5, 0.6) is 0 Å². The van der Waals surface area contributed by atoms with E-state index in [4.69, 9.17) is 15.3 Å². The molecule has 118 valence electrons. The van der Waals surface area contributed by atoms with Crippen LogP contribution in [-0.2, 0) is 0 Å². The third-order valence-electron chi connectivity index (χ3n) is 2.77. The summed E-state index contributed by atoms with van der Waals surface area (Å²) in [6.45, 7) is 6.66. The van der Waals surface area contributed by atoms with Crippen molar-refractivity contribution in [2.24, 2.45) is 5.41 Å². The summed E-state index contributed by atoms with van der Waals surface area (Å²) in [5.74, 6) is 0. The van der Waals surface area contributed by atoms with Gasteiger partial charge in [-0.15, -0.1) is 10.1 Å². The molecule has 0 aliphatic rings. The van der Waals surface area contributed by atoms with E-state index in [-0.39, 0.29) is 5.41 Å². The fraction of sp³-hybridized carbons (Fsp3) is 0.267. The zero-order valence-electron chi connectivity index (χ0n) is 12.6.